The molecule has 0 aromatic heterocycles. The van der Waals surface area contributed by atoms with Crippen molar-refractivity contribution >= 4 is 44.6 Å². The van der Waals surface area contributed by atoms with E-state index in [4.69, 9.17) is 54.3 Å². The van der Waals surface area contributed by atoms with E-state index in [0.717, 1.165) is 0 Å². The third-order valence-corrected chi connectivity index (χ3v) is 8.42. The number of nitrogens with one attached hydrogen (secondary N) is 1. The summed E-state index contributed by atoms with van der Waals surface area (Å²) in [6.45, 7) is 2.37. The quantitative estimate of drug-likeness (QED) is 0.0270. The van der Waals surface area contributed by atoms with Crippen molar-refractivity contribution < 1.29 is 93.4 Å². The lowest BCUT2D eigenvalue weighted by molar-refractivity contribution is -0.271. The van der Waals surface area contributed by atoms with Crippen LogP contribution < -0.4 is 5.32 Å². The third kappa shape index (κ3) is 24.0. The van der Waals surface area contributed by atoms with Gasteiger partial charge < -0.3 is 66.6 Å². The number of amides is 1. The lowest BCUT2D eigenvalue weighted by atomic mass is 9.97. The molecule has 1 aliphatic heterocycles. The molecule has 292 valence electrons. The van der Waals surface area contributed by atoms with Gasteiger partial charge in [0, 0.05) is 6.92 Å². The number of phosphoric ester groups is 2. The first-order valence-corrected chi connectivity index (χ1v) is 19.2. The molecule has 2 unspecified atom stereocenters. The molecule has 1 amide bonds. The summed E-state index contributed by atoms with van der Waals surface area (Å²) in [5.74, 6) is -0.525. The van der Waals surface area contributed by atoms with E-state index in [0.29, 0.717) is 46.1 Å². The molecule has 0 radical (unpaired) electrons. The molecule has 7 atom stereocenters. The first kappa shape index (κ1) is 47.0. The Morgan fingerprint density at radius 2 is 1.08 bits per heavy atom. The maximum Gasteiger partial charge on any atom is 0.472 e. The van der Waals surface area contributed by atoms with Crippen LogP contribution in [0.25, 0.3) is 0 Å². The SMILES string of the molecule is CC(=O)N[C@H]1[C@H](OCCOP(=O)(O)OCCOCCOCCOCCOCCOCCOP(=O)(O)OCCCOI)O[C@H](CO)[C@H](O)[C@@H]1O. The van der Waals surface area contributed by atoms with Crippen molar-refractivity contribution in [3.63, 3.8) is 0 Å². The summed E-state index contributed by atoms with van der Waals surface area (Å²) in [5.41, 5.74) is 0. The van der Waals surface area contributed by atoms with Crippen LogP contribution in [0.5, 0.6) is 0 Å². The van der Waals surface area contributed by atoms with Gasteiger partial charge in [0.15, 0.2) is 6.29 Å². The second-order valence-corrected chi connectivity index (χ2v) is 13.3. The lowest BCUT2D eigenvalue weighted by Crippen LogP contribution is -2.64. The summed E-state index contributed by atoms with van der Waals surface area (Å²) < 4.78 is 85.0. The van der Waals surface area contributed by atoms with Crippen molar-refractivity contribution in [1.82, 2.24) is 5.32 Å². The van der Waals surface area contributed by atoms with Gasteiger partial charge in [-0.15, -0.1) is 0 Å². The van der Waals surface area contributed by atoms with Crippen LogP contribution >= 0.6 is 38.7 Å². The van der Waals surface area contributed by atoms with Crippen LogP contribution in [0.3, 0.4) is 0 Å². The second kappa shape index (κ2) is 28.5. The van der Waals surface area contributed by atoms with Gasteiger partial charge >= 0.3 is 15.6 Å². The van der Waals surface area contributed by atoms with Gasteiger partial charge in [-0.1, -0.05) is 0 Å². The number of aliphatic hydroxyl groups is 3. The molecule has 0 aromatic rings. The van der Waals surface area contributed by atoms with Crippen LogP contribution in [0.15, 0.2) is 0 Å². The Labute approximate surface area is 298 Å². The average molecular weight is 874 g/mol. The maximum atomic E-state index is 12.0. The van der Waals surface area contributed by atoms with E-state index in [2.05, 4.69) is 5.32 Å². The lowest BCUT2D eigenvalue weighted by Gasteiger charge is -2.42. The highest BCUT2D eigenvalue weighted by Gasteiger charge is 2.45. The van der Waals surface area contributed by atoms with E-state index in [1.165, 1.54) is 6.92 Å². The summed E-state index contributed by atoms with van der Waals surface area (Å²) in [4.78, 5) is 30.7. The molecule has 0 aromatic carbocycles. The van der Waals surface area contributed by atoms with Gasteiger partial charge in [-0.05, 0) is 6.42 Å². The fraction of sp³-hybridized carbons (Fsp3) is 0.960. The van der Waals surface area contributed by atoms with E-state index < -0.39 is 65.4 Å². The number of rotatable bonds is 32. The van der Waals surface area contributed by atoms with Crippen molar-refractivity contribution in [3.8, 4) is 0 Å². The molecule has 24 heteroatoms. The van der Waals surface area contributed by atoms with Crippen molar-refractivity contribution in [2.45, 2.75) is 44.0 Å². The van der Waals surface area contributed by atoms with Crippen molar-refractivity contribution in [2.24, 2.45) is 0 Å². The number of ether oxygens (including phenoxy) is 7. The highest BCUT2D eigenvalue weighted by molar-refractivity contribution is 14.1. The van der Waals surface area contributed by atoms with Gasteiger partial charge in [-0.2, -0.15) is 0 Å². The molecule has 1 saturated heterocycles. The Morgan fingerprint density at radius 3 is 1.49 bits per heavy atom. The Balaban J connectivity index is 1.94. The van der Waals surface area contributed by atoms with Gasteiger partial charge in [-0.3, -0.25) is 22.9 Å². The van der Waals surface area contributed by atoms with E-state index in [1.54, 1.807) is 23.0 Å². The molecule has 1 aliphatic rings. The molecule has 49 heavy (non-hydrogen) atoms. The number of carbonyl (C=O) groups is 1. The largest absolute Gasteiger partial charge is 0.472 e. The highest BCUT2D eigenvalue weighted by atomic mass is 127. The molecule has 1 heterocycles. The van der Waals surface area contributed by atoms with Gasteiger partial charge in [0.2, 0.25) is 5.91 Å². The minimum atomic E-state index is -4.44. The van der Waals surface area contributed by atoms with Crippen LogP contribution in [0.1, 0.15) is 13.3 Å². The Hall–Kier alpha value is -0.0200. The summed E-state index contributed by atoms with van der Waals surface area (Å²) in [5, 5.41) is 32.0. The van der Waals surface area contributed by atoms with Gasteiger partial charge in [-0.25, -0.2) is 9.13 Å². The molecule has 1 fully saturated rings. The van der Waals surface area contributed by atoms with Crippen molar-refractivity contribution in [2.75, 3.05) is 112 Å². The summed E-state index contributed by atoms with van der Waals surface area (Å²) in [6, 6.07) is -1.16. The molecule has 0 aliphatic carbocycles. The maximum absolute atomic E-state index is 12.0. The van der Waals surface area contributed by atoms with E-state index in [-0.39, 0.29) is 59.5 Å². The highest BCUT2D eigenvalue weighted by Crippen LogP contribution is 2.43. The molecule has 21 nitrogen and oxygen atoms in total. The standard InChI is InChI=1S/C25H50INO20P2/c1-20(29)27-22-24(31)23(30)21(19-28)47-25(22)41-15-18-46-49(34,35)45-17-14-40-12-10-38-8-6-36-5-7-37-9-11-39-13-16-44-48(32,33)43-4-2-3-42-26/h21-25,28,30-31H,2-19H2,1H3,(H,27,29)(H,32,33)(H,34,35)/t21-,22-,23+,24-,25-/m1/s1. The van der Waals surface area contributed by atoms with E-state index in [1.807, 2.05) is 0 Å². The number of aliphatic hydroxyl groups excluding tert-OH is 3. The second-order valence-electron chi connectivity index (χ2n) is 9.80. The molecular formula is C25H50INO20P2. The predicted molar refractivity (Wildman–Crippen MR) is 173 cm³/mol. The molecule has 1 rings (SSSR count). The van der Waals surface area contributed by atoms with Gasteiger partial charge in [0.05, 0.1) is 112 Å². The van der Waals surface area contributed by atoms with Crippen LogP contribution in [-0.2, 0) is 68.2 Å². The fourth-order valence-corrected chi connectivity index (χ4v) is 5.44. The average Bonchev–Trinajstić information content (AvgIpc) is 3.05. The molecule has 0 spiro atoms. The van der Waals surface area contributed by atoms with Gasteiger partial charge in [0.1, 0.15) is 47.4 Å². The monoisotopic (exact) mass is 873 g/mol. The minimum Gasteiger partial charge on any atom is -0.394 e. The number of phosphoric acid groups is 2. The Kier molecular flexibility index (Phi) is 27.3. The number of hydrogen-bond donors (Lipinski definition) is 6. The van der Waals surface area contributed by atoms with Crippen molar-refractivity contribution in [1.29, 1.82) is 0 Å². The van der Waals surface area contributed by atoms with Crippen LogP contribution in [0, 0.1) is 0 Å². The predicted octanol–water partition coefficient (Wildman–Crippen LogP) is -0.946. The summed E-state index contributed by atoms with van der Waals surface area (Å²) >= 11 is 1.72. The first-order valence-electron chi connectivity index (χ1n) is 15.3. The summed E-state index contributed by atoms with van der Waals surface area (Å²) in [6.07, 6.45) is -4.94. The molecule has 6 N–H and O–H groups in total. The zero-order valence-corrected chi connectivity index (χ0v) is 31.2. The molecule has 0 bridgehead atoms. The molecular weight excluding hydrogens is 823 g/mol. The topological polar surface area (TPSA) is 275 Å². The number of carbonyl (C=O) groups excluding carboxylic acids is 1. The van der Waals surface area contributed by atoms with Crippen LogP contribution in [0.2, 0.25) is 0 Å². The smallest absolute Gasteiger partial charge is 0.394 e. The number of hydrogen-bond acceptors (Lipinski definition) is 18. The fourth-order valence-electron chi connectivity index (χ4n) is 3.70. The normalized spacial score (nSPS) is 23.6. The number of halogens is 1. The first-order chi connectivity index (χ1) is 23.4. The Morgan fingerprint density at radius 1 is 0.673 bits per heavy atom. The van der Waals surface area contributed by atoms with Crippen LogP contribution in [-0.4, -0.2) is 174 Å². The Bertz CT molecular complexity index is 943. The van der Waals surface area contributed by atoms with E-state index in [9.17, 15) is 39.0 Å². The third-order valence-electron chi connectivity index (χ3n) is 5.94. The zero-order chi connectivity index (χ0) is 36.4. The minimum absolute atomic E-state index is 0.0127. The van der Waals surface area contributed by atoms with E-state index >= 15 is 0 Å². The van der Waals surface area contributed by atoms with Crippen LogP contribution in [0.4, 0.5) is 0 Å². The zero-order valence-electron chi connectivity index (χ0n) is 27.2. The van der Waals surface area contributed by atoms with Crippen molar-refractivity contribution in [3.05, 3.63) is 0 Å². The summed E-state index contributed by atoms with van der Waals surface area (Å²) in [7, 11) is -8.54. The molecule has 0 saturated carbocycles. The van der Waals surface area contributed by atoms with Gasteiger partial charge in [0.25, 0.3) is 0 Å².